The third-order valence-electron chi connectivity index (χ3n) is 4.69. The molecule has 0 saturated carbocycles. The van der Waals surface area contributed by atoms with E-state index in [1.54, 1.807) is 7.05 Å². The van der Waals surface area contributed by atoms with Gasteiger partial charge in [-0.3, -0.25) is 4.79 Å². The Bertz CT molecular complexity index is 557. The van der Waals surface area contributed by atoms with Crippen LogP contribution in [0.4, 0.5) is 0 Å². The van der Waals surface area contributed by atoms with Crippen LogP contribution in [0.2, 0.25) is 0 Å². The molecule has 114 valence electrons. The Morgan fingerprint density at radius 2 is 2.10 bits per heavy atom. The average Bonchev–Trinajstić information content (AvgIpc) is 2.45. The normalized spacial score (nSPS) is 33.3. The SMILES string of the molecule is CNC(=O)[C@@H]1[C@H]2c3ccccc3OC[C@H]2C(C)(C)O[C@H]1O. The number of carbonyl (C=O) groups excluding carboxylic acids is 1. The first-order chi connectivity index (χ1) is 9.95. The van der Waals surface area contributed by atoms with Crippen molar-refractivity contribution < 1.29 is 19.4 Å². The van der Waals surface area contributed by atoms with Crippen LogP contribution in [0.25, 0.3) is 0 Å². The van der Waals surface area contributed by atoms with Crippen molar-refractivity contribution in [3.8, 4) is 5.75 Å². The van der Waals surface area contributed by atoms with Crippen LogP contribution in [-0.4, -0.2) is 36.6 Å². The fraction of sp³-hybridized carbons (Fsp3) is 0.562. The minimum Gasteiger partial charge on any atom is -0.493 e. The molecule has 1 saturated heterocycles. The number of rotatable bonds is 1. The molecule has 1 fully saturated rings. The summed E-state index contributed by atoms with van der Waals surface area (Å²) in [6.07, 6.45) is -1.12. The zero-order valence-electron chi connectivity index (χ0n) is 12.5. The molecular formula is C16H21NO4. The highest BCUT2D eigenvalue weighted by atomic mass is 16.6. The third kappa shape index (κ3) is 2.21. The number of aliphatic hydroxyl groups excluding tert-OH is 1. The van der Waals surface area contributed by atoms with Crippen LogP contribution in [0.15, 0.2) is 24.3 Å². The van der Waals surface area contributed by atoms with Crippen LogP contribution in [0.3, 0.4) is 0 Å². The van der Waals surface area contributed by atoms with Gasteiger partial charge in [-0.2, -0.15) is 0 Å². The molecule has 4 atom stereocenters. The molecule has 2 heterocycles. The number of fused-ring (bicyclic) bond motifs is 3. The van der Waals surface area contributed by atoms with Gasteiger partial charge in [-0.1, -0.05) is 18.2 Å². The number of ether oxygens (including phenoxy) is 2. The van der Waals surface area contributed by atoms with E-state index in [2.05, 4.69) is 5.32 Å². The summed E-state index contributed by atoms with van der Waals surface area (Å²) in [5, 5.41) is 13.0. The van der Waals surface area contributed by atoms with E-state index in [0.29, 0.717) is 6.61 Å². The molecule has 0 spiro atoms. The minimum atomic E-state index is -1.12. The van der Waals surface area contributed by atoms with Crippen LogP contribution in [0.1, 0.15) is 25.3 Å². The Labute approximate surface area is 124 Å². The van der Waals surface area contributed by atoms with E-state index >= 15 is 0 Å². The lowest BCUT2D eigenvalue weighted by atomic mass is 9.66. The fourth-order valence-corrected chi connectivity index (χ4v) is 3.57. The van der Waals surface area contributed by atoms with E-state index in [1.165, 1.54) is 0 Å². The highest BCUT2D eigenvalue weighted by molar-refractivity contribution is 5.80. The number of carbonyl (C=O) groups is 1. The molecule has 2 aliphatic rings. The van der Waals surface area contributed by atoms with Gasteiger partial charge in [0.05, 0.1) is 18.1 Å². The van der Waals surface area contributed by atoms with Gasteiger partial charge in [0.2, 0.25) is 5.91 Å². The molecule has 0 aliphatic carbocycles. The van der Waals surface area contributed by atoms with Crippen molar-refractivity contribution in [2.45, 2.75) is 31.7 Å². The molecule has 21 heavy (non-hydrogen) atoms. The Morgan fingerprint density at radius 3 is 2.81 bits per heavy atom. The maximum Gasteiger partial charge on any atom is 0.228 e. The van der Waals surface area contributed by atoms with E-state index in [1.807, 2.05) is 38.1 Å². The summed E-state index contributed by atoms with van der Waals surface area (Å²) in [5.41, 5.74) is 0.417. The van der Waals surface area contributed by atoms with Gasteiger partial charge < -0.3 is 19.9 Å². The highest BCUT2D eigenvalue weighted by Gasteiger charge is 2.54. The summed E-state index contributed by atoms with van der Waals surface area (Å²) >= 11 is 0. The van der Waals surface area contributed by atoms with Gasteiger partial charge in [0, 0.05) is 18.9 Å². The first kappa shape index (κ1) is 14.4. The standard InChI is InChI=1S/C16H21NO4/c1-16(2)10-8-20-11-7-5-4-6-9(11)12(10)13(14(18)17-3)15(19)21-16/h4-7,10,12-13,15,19H,8H2,1-3H3,(H,17,18)/t10-,12+,13+,15-/m1/s1. The van der Waals surface area contributed by atoms with Crippen LogP contribution < -0.4 is 10.1 Å². The lowest BCUT2D eigenvalue weighted by Crippen LogP contribution is -2.58. The molecule has 0 unspecified atom stereocenters. The van der Waals surface area contributed by atoms with Gasteiger partial charge in [0.25, 0.3) is 0 Å². The first-order valence-corrected chi connectivity index (χ1v) is 7.25. The van der Waals surface area contributed by atoms with Crippen LogP contribution in [0.5, 0.6) is 5.75 Å². The number of hydrogen-bond acceptors (Lipinski definition) is 4. The van der Waals surface area contributed by atoms with E-state index in [0.717, 1.165) is 11.3 Å². The second kappa shape index (κ2) is 5.00. The Kier molecular flexibility index (Phi) is 3.42. The molecule has 0 radical (unpaired) electrons. The van der Waals surface area contributed by atoms with Gasteiger partial charge in [0.15, 0.2) is 6.29 Å². The molecule has 2 aliphatic heterocycles. The van der Waals surface area contributed by atoms with Crippen LogP contribution in [-0.2, 0) is 9.53 Å². The Balaban J connectivity index is 2.10. The fourth-order valence-electron chi connectivity index (χ4n) is 3.57. The number of aliphatic hydroxyl groups is 1. The highest BCUT2D eigenvalue weighted by Crippen LogP contribution is 2.51. The number of hydrogen-bond donors (Lipinski definition) is 2. The minimum absolute atomic E-state index is 0.0121. The lowest BCUT2D eigenvalue weighted by Gasteiger charge is -2.51. The van der Waals surface area contributed by atoms with Crippen LogP contribution in [0, 0.1) is 11.8 Å². The van der Waals surface area contributed by atoms with Crippen molar-refractivity contribution in [1.82, 2.24) is 5.32 Å². The molecule has 2 N–H and O–H groups in total. The third-order valence-corrected chi connectivity index (χ3v) is 4.69. The maximum atomic E-state index is 12.3. The zero-order valence-corrected chi connectivity index (χ0v) is 12.5. The molecule has 1 amide bonds. The van der Waals surface area contributed by atoms with Crippen molar-refractivity contribution >= 4 is 5.91 Å². The molecule has 0 aromatic heterocycles. The van der Waals surface area contributed by atoms with Crippen molar-refractivity contribution in [1.29, 1.82) is 0 Å². The summed E-state index contributed by atoms with van der Waals surface area (Å²) in [5.74, 6) is -0.146. The van der Waals surface area contributed by atoms with Crippen molar-refractivity contribution in [3.63, 3.8) is 0 Å². The molecule has 5 nitrogen and oxygen atoms in total. The van der Waals surface area contributed by atoms with E-state index in [4.69, 9.17) is 9.47 Å². The molecule has 0 bridgehead atoms. The number of benzene rings is 1. The topological polar surface area (TPSA) is 67.8 Å². The number of amides is 1. The van der Waals surface area contributed by atoms with Crippen molar-refractivity contribution in [2.75, 3.05) is 13.7 Å². The Hall–Kier alpha value is -1.59. The molecule has 1 aromatic rings. The smallest absolute Gasteiger partial charge is 0.228 e. The molecule has 5 heteroatoms. The summed E-state index contributed by atoms with van der Waals surface area (Å²) in [4.78, 5) is 12.3. The second-order valence-electron chi connectivity index (χ2n) is 6.23. The van der Waals surface area contributed by atoms with E-state index < -0.39 is 17.8 Å². The predicted molar refractivity (Wildman–Crippen MR) is 76.9 cm³/mol. The monoisotopic (exact) mass is 291 g/mol. The van der Waals surface area contributed by atoms with E-state index in [-0.39, 0.29) is 17.7 Å². The van der Waals surface area contributed by atoms with Crippen molar-refractivity contribution in [2.24, 2.45) is 11.8 Å². The van der Waals surface area contributed by atoms with Crippen LogP contribution >= 0.6 is 0 Å². The van der Waals surface area contributed by atoms with Gasteiger partial charge >= 0.3 is 0 Å². The lowest BCUT2D eigenvalue weighted by molar-refractivity contribution is -0.258. The number of para-hydroxylation sites is 1. The van der Waals surface area contributed by atoms with Crippen molar-refractivity contribution in [3.05, 3.63) is 29.8 Å². The molecule has 1 aromatic carbocycles. The van der Waals surface area contributed by atoms with E-state index in [9.17, 15) is 9.90 Å². The summed E-state index contributed by atoms with van der Waals surface area (Å²) in [7, 11) is 1.58. The zero-order chi connectivity index (χ0) is 15.2. The molecular weight excluding hydrogens is 270 g/mol. The number of nitrogens with one attached hydrogen (secondary N) is 1. The largest absolute Gasteiger partial charge is 0.493 e. The average molecular weight is 291 g/mol. The second-order valence-corrected chi connectivity index (χ2v) is 6.23. The summed E-state index contributed by atoms with van der Waals surface area (Å²) in [6, 6.07) is 7.72. The van der Waals surface area contributed by atoms with Gasteiger partial charge in [-0.05, 0) is 25.5 Å². The summed E-state index contributed by atoms with van der Waals surface area (Å²) in [6.45, 7) is 4.35. The van der Waals surface area contributed by atoms with Gasteiger partial charge in [-0.25, -0.2) is 0 Å². The Morgan fingerprint density at radius 1 is 1.38 bits per heavy atom. The maximum absolute atomic E-state index is 12.3. The van der Waals surface area contributed by atoms with Gasteiger partial charge in [0.1, 0.15) is 5.75 Å². The quantitative estimate of drug-likeness (QED) is 0.817. The van der Waals surface area contributed by atoms with Gasteiger partial charge in [-0.15, -0.1) is 0 Å². The first-order valence-electron chi connectivity index (χ1n) is 7.25. The summed E-state index contributed by atoms with van der Waals surface area (Å²) < 4.78 is 11.5. The molecule has 3 rings (SSSR count). The predicted octanol–water partition coefficient (Wildman–Crippen LogP) is 1.27.